The van der Waals surface area contributed by atoms with Gasteiger partial charge in [0, 0.05) is 5.56 Å². The van der Waals surface area contributed by atoms with Crippen molar-refractivity contribution in [2.24, 2.45) is 0 Å². The predicted octanol–water partition coefficient (Wildman–Crippen LogP) is 5.25. The lowest BCUT2D eigenvalue weighted by atomic mass is 9.96. The third-order valence-corrected chi connectivity index (χ3v) is 4.14. The van der Waals surface area contributed by atoms with Gasteiger partial charge in [0.2, 0.25) is 0 Å². The molecule has 2 rings (SSSR count). The highest BCUT2D eigenvalue weighted by molar-refractivity contribution is 9.10. The number of hydrogen-bond donors (Lipinski definition) is 1. The van der Waals surface area contributed by atoms with E-state index in [9.17, 15) is 0 Å². The summed E-state index contributed by atoms with van der Waals surface area (Å²) in [5.74, 6) is 0.562. The minimum Gasteiger partial charge on any atom is -0.457 e. The number of furan rings is 1. The van der Waals surface area contributed by atoms with E-state index in [1.165, 1.54) is 11.1 Å². The monoisotopic (exact) mass is 335 g/mol. The maximum absolute atomic E-state index is 5.39. The van der Waals surface area contributed by atoms with E-state index in [0.29, 0.717) is 5.92 Å². The van der Waals surface area contributed by atoms with Crippen LogP contribution in [-0.4, -0.2) is 6.54 Å². The molecule has 0 amide bonds. The van der Waals surface area contributed by atoms with Crippen LogP contribution >= 0.6 is 15.9 Å². The Labute approximate surface area is 129 Å². The molecular formula is C17H22BrNO. The zero-order valence-electron chi connectivity index (χ0n) is 12.3. The molecule has 0 radical (unpaired) electrons. The quantitative estimate of drug-likeness (QED) is 0.779. The number of rotatable bonds is 6. The molecular weight excluding hydrogens is 314 g/mol. The third kappa shape index (κ3) is 3.53. The highest BCUT2D eigenvalue weighted by Crippen LogP contribution is 2.30. The van der Waals surface area contributed by atoms with Gasteiger partial charge in [0.05, 0.1) is 12.3 Å². The minimum absolute atomic E-state index is 0.171. The second-order valence-corrected chi connectivity index (χ2v) is 6.08. The van der Waals surface area contributed by atoms with E-state index in [1.54, 1.807) is 6.26 Å². The van der Waals surface area contributed by atoms with E-state index in [4.69, 9.17) is 4.42 Å². The Balaban J connectivity index is 2.29. The van der Waals surface area contributed by atoms with Gasteiger partial charge in [0.25, 0.3) is 0 Å². The van der Waals surface area contributed by atoms with Crippen LogP contribution in [0.15, 0.2) is 45.7 Å². The highest BCUT2D eigenvalue weighted by atomic mass is 79.9. The fraction of sp³-hybridized carbons (Fsp3) is 0.412. The maximum atomic E-state index is 5.39. The van der Waals surface area contributed by atoms with Crippen molar-refractivity contribution in [1.82, 2.24) is 5.32 Å². The van der Waals surface area contributed by atoms with Crippen molar-refractivity contribution >= 4 is 15.9 Å². The second-order valence-electron chi connectivity index (χ2n) is 5.36. The van der Waals surface area contributed by atoms with Crippen molar-refractivity contribution in [2.75, 3.05) is 6.54 Å². The first-order valence-electron chi connectivity index (χ1n) is 7.19. The first-order chi connectivity index (χ1) is 9.63. The summed E-state index contributed by atoms with van der Waals surface area (Å²) in [5.41, 5.74) is 3.79. The molecule has 0 saturated heterocycles. The Kier molecular flexibility index (Phi) is 5.44. The molecule has 0 aliphatic heterocycles. The molecule has 0 bridgehead atoms. The van der Waals surface area contributed by atoms with Crippen LogP contribution in [0.25, 0.3) is 0 Å². The predicted molar refractivity (Wildman–Crippen MR) is 87.1 cm³/mol. The average molecular weight is 336 g/mol. The SMILES string of the molecule is CCCNC(c1ccc(C(C)C)cc1)c1ccoc1Br. The van der Waals surface area contributed by atoms with Crippen molar-refractivity contribution in [3.8, 4) is 0 Å². The van der Waals surface area contributed by atoms with Crippen molar-refractivity contribution in [1.29, 1.82) is 0 Å². The molecule has 0 aliphatic carbocycles. The number of halogens is 1. The summed E-state index contributed by atoms with van der Waals surface area (Å²) in [6, 6.07) is 11.0. The van der Waals surface area contributed by atoms with Gasteiger partial charge in [-0.05, 0) is 52.0 Å². The molecule has 1 atom stereocenters. The van der Waals surface area contributed by atoms with Crippen molar-refractivity contribution in [3.63, 3.8) is 0 Å². The minimum atomic E-state index is 0.171. The first-order valence-corrected chi connectivity index (χ1v) is 7.99. The Hall–Kier alpha value is -1.06. The van der Waals surface area contributed by atoms with Crippen LogP contribution < -0.4 is 5.32 Å². The molecule has 1 unspecified atom stereocenters. The molecule has 20 heavy (non-hydrogen) atoms. The highest BCUT2D eigenvalue weighted by Gasteiger charge is 2.18. The molecule has 3 heteroatoms. The Morgan fingerprint density at radius 2 is 1.75 bits per heavy atom. The van der Waals surface area contributed by atoms with Gasteiger partial charge in [-0.1, -0.05) is 45.0 Å². The van der Waals surface area contributed by atoms with Gasteiger partial charge >= 0.3 is 0 Å². The maximum Gasteiger partial charge on any atom is 0.174 e. The van der Waals surface area contributed by atoms with Gasteiger partial charge in [-0.25, -0.2) is 0 Å². The van der Waals surface area contributed by atoms with E-state index < -0.39 is 0 Å². The fourth-order valence-electron chi connectivity index (χ4n) is 2.28. The summed E-state index contributed by atoms with van der Waals surface area (Å²) in [6.07, 6.45) is 2.83. The second kappa shape index (κ2) is 7.09. The number of nitrogens with one attached hydrogen (secondary N) is 1. The molecule has 1 N–H and O–H groups in total. The van der Waals surface area contributed by atoms with Crippen LogP contribution in [0.2, 0.25) is 0 Å². The summed E-state index contributed by atoms with van der Waals surface area (Å²) >= 11 is 3.49. The zero-order chi connectivity index (χ0) is 14.5. The standard InChI is InChI=1S/C17H22BrNO/c1-4-10-19-16(15-9-11-20-17(15)18)14-7-5-13(6-8-14)12(2)3/h5-9,11-12,16,19H,4,10H2,1-3H3. The molecule has 1 heterocycles. The lowest BCUT2D eigenvalue weighted by Crippen LogP contribution is -2.23. The molecule has 0 saturated carbocycles. The Morgan fingerprint density at radius 1 is 1.10 bits per heavy atom. The van der Waals surface area contributed by atoms with Crippen LogP contribution in [-0.2, 0) is 0 Å². The van der Waals surface area contributed by atoms with E-state index in [-0.39, 0.29) is 6.04 Å². The van der Waals surface area contributed by atoms with Gasteiger partial charge in [0.1, 0.15) is 0 Å². The van der Waals surface area contributed by atoms with Crippen LogP contribution in [0.4, 0.5) is 0 Å². The van der Waals surface area contributed by atoms with Gasteiger partial charge in [0.15, 0.2) is 4.67 Å². The summed E-state index contributed by atoms with van der Waals surface area (Å²) in [6.45, 7) is 7.59. The molecule has 0 fully saturated rings. The van der Waals surface area contributed by atoms with E-state index in [2.05, 4.69) is 66.3 Å². The average Bonchev–Trinajstić information content (AvgIpc) is 2.86. The van der Waals surface area contributed by atoms with Crippen molar-refractivity contribution in [3.05, 3.63) is 58.0 Å². The lowest BCUT2D eigenvalue weighted by Gasteiger charge is -2.19. The lowest BCUT2D eigenvalue weighted by molar-refractivity contribution is 0.523. The van der Waals surface area contributed by atoms with Crippen LogP contribution in [0.5, 0.6) is 0 Å². The number of benzene rings is 1. The third-order valence-electron chi connectivity index (χ3n) is 3.49. The number of hydrogen-bond acceptors (Lipinski definition) is 2. The van der Waals surface area contributed by atoms with E-state index in [1.807, 2.05) is 6.07 Å². The molecule has 108 valence electrons. The molecule has 1 aromatic carbocycles. The van der Waals surface area contributed by atoms with Crippen LogP contribution in [0.3, 0.4) is 0 Å². The van der Waals surface area contributed by atoms with E-state index >= 15 is 0 Å². The molecule has 2 aromatic rings. The molecule has 1 aromatic heterocycles. The first kappa shape index (κ1) is 15.3. The van der Waals surface area contributed by atoms with Gasteiger partial charge in [-0.15, -0.1) is 0 Å². The van der Waals surface area contributed by atoms with Gasteiger partial charge in [-0.3, -0.25) is 0 Å². The smallest absolute Gasteiger partial charge is 0.174 e. The Morgan fingerprint density at radius 3 is 2.25 bits per heavy atom. The molecule has 2 nitrogen and oxygen atoms in total. The Bertz CT molecular complexity index is 530. The van der Waals surface area contributed by atoms with Crippen LogP contribution in [0.1, 0.15) is 55.8 Å². The van der Waals surface area contributed by atoms with Gasteiger partial charge in [-0.2, -0.15) is 0 Å². The summed E-state index contributed by atoms with van der Waals surface area (Å²) in [5, 5.41) is 3.59. The van der Waals surface area contributed by atoms with Crippen LogP contribution in [0, 0.1) is 0 Å². The van der Waals surface area contributed by atoms with E-state index in [0.717, 1.165) is 23.2 Å². The van der Waals surface area contributed by atoms with Gasteiger partial charge < -0.3 is 9.73 Å². The van der Waals surface area contributed by atoms with Crippen molar-refractivity contribution in [2.45, 2.75) is 39.2 Å². The van der Waals surface area contributed by atoms with Crippen molar-refractivity contribution < 1.29 is 4.42 Å². The summed E-state index contributed by atoms with van der Waals surface area (Å²) < 4.78 is 6.19. The molecule has 0 spiro atoms. The summed E-state index contributed by atoms with van der Waals surface area (Å²) in [4.78, 5) is 0. The molecule has 0 aliphatic rings. The zero-order valence-corrected chi connectivity index (χ0v) is 13.9. The topological polar surface area (TPSA) is 25.2 Å². The normalized spacial score (nSPS) is 12.8. The summed E-state index contributed by atoms with van der Waals surface area (Å²) in [7, 11) is 0. The fourth-order valence-corrected chi connectivity index (χ4v) is 2.75. The largest absolute Gasteiger partial charge is 0.457 e.